The molecule has 2 N–H and O–H groups in total. The number of anilines is 1. The van der Waals surface area contributed by atoms with Crippen LogP contribution in [0.25, 0.3) is 0 Å². The van der Waals surface area contributed by atoms with E-state index in [0.717, 1.165) is 37.0 Å². The van der Waals surface area contributed by atoms with Crippen LogP contribution in [-0.2, 0) is 4.79 Å². The number of aromatic nitrogens is 2. The Morgan fingerprint density at radius 1 is 1.32 bits per heavy atom. The lowest BCUT2D eigenvalue weighted by Crippen LogP contribution is -2.33. The summed E-state index contributed by atoms with van der Waals surface area (Å²) in [7, 11) is 0. The largest absolute Gasteiger partial charge is 0.353 e. The van der Waals surface area contributed by atoms with Gasteiger partial charge in [-0.05, 0) is 25.8 Å². The van der Waals surface area contributed by atoms with Crippen LogP contribution in [0.1, 0.15) is 41.6 Å². The van der Waals surface area contributed by atoms with Crippen LogP contribution in [0, 0.1) is 17.0 Å². The van der Waals surface area contributed by atoms with Crippen molar-refractivity contribution in [2.45, 2.75) is 43.0 Å². The first-order chi connectivity index (χ1) is 13.4. The Bertz CT molecular complexity index is 895. The van der Waals surface area contributed by atoms with Crippen LogP contribution in [0.15, 0.2) is 22.5 Å². The average Bonchev–Trinajstić information content (AvgIpc) is 3.32. The predicted molar refractivity (Wildman–Crippen MR) is 107 cm³/mol. The summed E-state index contributed by atoms with van der Waals surface area (Å²) >= 11 is 2.41. The van der Waals surface area contributed by atoms with Crippen molar-refractivity contribution in [3.8, 4) is 0 Å². The molecule has 1 aliphatic rings. The van der Waals surface area contributed by atoms with Crippen LogP contribution in [0.4, 0.5) is 10.8 Å². The van der Waals surface area contributed by atoms with Gasteiger partial charge in [0.05, 0.1) is 10.7 Å². The van der Waals surface area contributed by atoms with Crippen molar-refractivity contribution in [1.82, 2.24) is 15.5 Å². The highest BCUT2D eigenvalue weighted by Crippen LogP contribution is 2.26. The molecule has 2 aromatic rings. The van der Waals surface area contributed by atoms with Crippen molar-refractivity contribution >= 4 is 45.7 Å². The molecule has 0 bridgehead atoms. The number of carbonyl (C=O) groups excluding carboxylic acids is 2. The van der Waals surface area contributed by atoms with E-state index in [-0.39, 0.29) is 34.1 Å². The van der Waals surface area contributed by atoms with E-state index in [4.69, 9.17) is 0 Å². The van der Waals surface area contributed by atoms with Crippen LogP contribution < -0.4 is 10.6 Å². The Hall–Kier alpha value is -2.53. The second-order valence-corrected chi connectivity index (χ2v) is 8.62. The number of nitro benzene ring substituents is 1. The van der Waals surface area contributed by atoms with Crippen molar-refractivity contribution < 1.29 is 14.5 Å². The lowest BCUT2D eigenvalue weighted by Gasteiger charge is -2.10. The highest BCUT2D eigenvalue weighted by molar-refractivity contribution is 8.01. The number of amides is 2. The van der Waals surface area contributed by atoms with Crippen LogP contribution >= 0.6 is 23.1 Å². The van der Waals surface area contributed by atoms with E-state index in [2.05, 4.69) is 20.8 Å². The quantitative estimate of drug-likeness (QED) is 0.304. The molecule has 1 aromatic heterocycles. The minimum Gasteiger partial charge on any atom is -0.353 e. The molecule has 2 amide bonds. The summed E-state index contributed by atoms with van der Waals surface area (Å²) in [6.45, 7) is 1.61. The topological polar surface area (TPSA) is 127 Å². The van der Waals surface area contributed by atoms with Gasteiger partial charge in [-0.3, -0.25) is 25.0 Å². The molecular weight excluding hydrogens is 402 g/mol. The van der Waals surface area contributed by atoms with E-state index in [0.29, 0.717) is 9.90 Å². The number of carbonyl (C=O) groups is 2. The van der Waals surface area contributed by atoms with Crippen LogP contribution in [0.2, 0.25) is 0 Å². The molecular formula is C17H19N5O4S2. The van der Waals surface area contributed by atoms with Gasteiger partial charge in [0.25, 0.3) is 11.6 Å². The van der Waals surface area contributed by atoms with E-state index in [1.807, 2.05) is 0 Å². The van der Waals surface area contributed by atoms with Crippen molar-refractivity contribution in [1.29, 1.82) is 0 Å². The molecule has 1 saturated carbocycles. The molecule has 0 unspecified atom stereocenters. The summed E-state index contributed by atoms with van der Waals surface area (Å²) in [6, 6.07) is 4.55. The molecule has 1 aromatic carbocycles. The minimum atomic E-state index is -0.525. The molecule has 3 rings (SSSR count). The van der Waals surface area contributed by atoms with E-state index in [1.54, 1.807) is 6.92 Å². The van der Waals surface area contributed by atoms with Gasteiger partial charge in [0.1, 0.15) is 0 Å². The SMILES string of the molecule is Cc1ccc(C(=O)Nc2nnc(SCC(=O)NC3CCCC3)s2)cc1[N+](=O)[O-]. The van der Waals surface area contributed by atoms with Crippen LogP contribution in [-0.4, -0.2) is 38.7 Å². The van der Waals surface area contributed by atoms with Gasteiger partial charge in [0.15, 0.2) is 4.34 Å². The van der Waals surface area contributed by atoms with Crippen molar-refractivity contribution in [3.05, 3.63) is 39.4 Å². The van der Waals surface area contributed by atoms with Gasteiger partial charge in [-0.2, -0.15) is 0 Å². The van der Waals surface area contributed by atoms with Gasteiger partial charge in [0, 0.05) is 23.2 Å². The number of rotatable bonds is 7. The zero-order chi connectivity index (χ0) is 20.1. The number of benzene rings is 1. The molecule has 0 radical (unpaired) electrons. The Labute approximate surface area is 169 Å². The Balaban J connectivity index is 1.54. The van der Waals surface area contributed by atoms with Gasteiger partial charge in [-0.1, -0.05) is 42.0 Å². The molecule has 1 fully saturated rings. The normalized spacial score (nSPS) is 14.0. The molecule has 148 valence electrons. The monoisotopic (exact) mass is 421 g/mol. The minimum absolute atomic E-state index is 0.0374. The van der Waals surface area contributed by atoms with E-state index < -0.39 is 10.8 Å². The number of nitrogens with zero attached hydrogens (tertiary/aromatic N) is 3. The van der Waals surface area contributed by atoms with E-state index >= 15 is 0 Å². The van der Waals surface area contributed by atoms with Gasteiger partial charge >= 0.3 is 0 Å². The molecule has 0 spiro atoms. The van der Waals surface area contributed by atoms with Gasteiger partial charge in [0.2, 0.25) is 11.0 Å². The second kappa shape index (κ2) is 9.11. The van der Waals surface area contributed by atoms with Crippen molar-refractivity contribution in [2.24, 2.45) is 0 Å². The summed E-state index contributed by atoms with van der Waals surface area (Å²) in [5.74, 6) is -0.303. The molecule has 9 nitrogen and oxygen atoms in total. The smallest absolute Gasteiger partial charge is 0.273 e. The van der Waals surface area contributed by atoms with Gasteiger partial charge in [-0.25, -0.2) is 0 Å². The lowest BCUT2D eigenvalue weighted by atomic mass is 10.1. The highest BCUT2D eigenvalue weighted by atomic mass is 32.2. The van der Waals surface area contributed by atoms with Crippen molar-refractivity contribution in [2.75, 3.05) is 11.1 Å². The van der Waals surface area contributed by atoms with Crippen molar-refractivity contribution in [3.63, 3.8) is 0 Å². The fourth-order valence-corrected chi connectivity index (χ4v) is 4.46. The number of nitrogens with one attached hydrogen (secondary N) is 2. The number of aryl methyl sites for hydroxylation is 1. The Kier molecular flexibility index (Phi) is 6.57. The zero-order valence-electron chi connectivity index (χ0n) is 15.1. The number of nitro groups is 1. The summed E-state index contributed by atoms with van der Waals surface area (Å²) in [5.41, 5.74) is 0.527. The van der Waals surface area contributed by atoms with E-state index in [9.17, 15) is 19.7 Å². The fourth-order valence-electron chi connectivity index (χ4n) is 2.90. The first kappa shape index (κ1) is 20.2. The third-order valence-corrected chi connectivity index (χ3v) is 6.31. The molecule has 28 heavy (non-hydrogen) atoms. The third-order valence-electron chi connectivity index (χ3n) is 4.34. The average molecular weight is 422 g/mol. The summed E-state index contributed by atoms with van der Waals surface area (Å²) in [5, 5.41) is 24.7. The standard InChI is InChI=1S/C17H19N5O4S2/c1-10-6-7-11(8-13(10)22(25)26)15(24)19-16-20-21-17(28-16)27-9-14(23)18-12-4-2-3-5-12/h6-8,12H,2-5,9H2,1H3,(H,18,23)(H,19,20,24). The van der Waals surface area contributed by atoms with Gasteiger partial charge in [-0.15, -0.1) is 10.2 Å². The van der Waals surface area contributed by atoms with Crippen LogP contribution in [0.5, 0.6) is 0 Å². The first-order valence-electron chi connectivity index (χ1n) is 8.74. The Morgan fingerprint density at radius 3 is 2.79 bits per heavy atom. The summed E-state index contributed by atoms with van der Waals surface area (Å²) in [6.07, 6.45) is 4.37. The zero-order valence-corrected chi connectivity index (χ0v) is 16.8. The summed E-state index contributed by atoms with van der Waals surface area (Å²) in [4.78, 5) is 34.7. The summed E-state index contributed by atoms with van der Waals surface area (Å²) < 4.78 is 0.562. The van der Waals surface area contributed by atoms with E-state index in [1.165, 1.54) is 30.0 Å². The third kappa shape index (κ3) is 5.26. The molecule has 11 heteroatoms. The lowest BCUT2D eigenvalue weighted by molar-refractivity contribution is -0.385. The number of hydrogen-bond acceptors (Lipinski definition) is 8. The second-order valence-electron chi connectivity index (χ2n) is 6.42. The maximum atomic E-state index is 12.3. The van der Waals surface area contributed by atoms with Gasteiger partial charge < -0.3 is 5.32 Å². The molecule has 1 heterocycles. The van der Waals surface area contributed by atoms with Crippen LogP contribution in [0.3, 0.4) is 0 Å². The Morgan fingerprint density at radius 2 is 2.07 bits per heavy atom. The molecule has 0 saturated heterocycles. The first-order valence-corrected chi connectivity index (χ1v) is 10.5. The predicted octanol–water partition coefficient (Wildman–Crippen LogP) is 3.16. The maximum absolute atomic E-state index is 12.3. The molecule has 1 aliphatic carbocycles. The fraction of sp³-hybridized carbons (Fsp3) is 0.412. The maximum Gasteiger partial charge on any atom is 0.273 e. The molecule has 0 atom stereocenters. The number of hydrogen-bond donors (Lipinski definition) is 2. The number of thioether (sulfide) groups is 1. The highest BCUT2D eigenvalue weighted by Gasteiger charge is 2.19. The molecule has 0 aliphatic heterocycles.